The maximum Gasteiger partial charge on any atom is 0.304 e. The van der Waals surface area contributed by atoms with Crippen molar-refractivity contribution in [2.24, 2.45) is 14.1 Å². The minimum atomic E-state index is -3.19. The third-order valence-electron chi connectivity index (χ3n) is 8.74. The number of rotatable bonds is 2. The van der Waals surface area contributed by atoms with Gasteiger partial charge in [0, 0.05) is 35.8 Å². The van der Waals surface area contributed by atoms with Crippen molar-refractivity contribution in [3.63, 3.8) is 0 Å². The molecular weight excluding hydrogens is 530 g/mol. The van der Waals surface area contributed by atoms with E-state index < -0.39 is 16.8 Å². The average molecular weight is 582 g/mol. The maximum atomic E-state index is 16.4. The fourth-order valence-electron chi connectivity index (χ4n) is 7.03. The molecule has 0 aliphatic rings. The Balaban J connectivity index is 0.000000220. The van der Waals surface area contributed by atoms with Crippen molar-refractivity contribution in [1.82, 2.24) is 9.13 Å². The predicted molar refractivity (Wildman–Crippen MR) is 178 cm³/mol. The molecule has 4 aromatic rings. The zero-order chi connectivity index (χ0) is 30.7. The molecule has 0 saturated heterocycles. The van der Waals surface area contributed by atoms with Gasteiger partial charge in [-0.2, -0.15) is 0 Å². The second-order valence-electron chi connectivity index (χ2n) is 15.6. The standard InChI is InChI=1S/2C17H26FNSi/c2*1-16(2,3)20(18,17(4,5)6)15-12-13-10-8-9-11-14(13)19(15)7/h2*8-12H,1-7H3/i18+0;18-1. The molecule has 0 radical (unpaired) electrons. The summed E-state index contributed by atoms with van der Waals surface area (Å²) < 4.78 is 36.8. The number of halogens is 2. The summed E-state index contributed by atoms with van der Waals surface area (Å²) in [6.45, 7) is 24.5. The molecule has 0 aliphatic carbocycles. The molecule has 6 heteroatoms. The third kappa shape index (κ3) is 5.15. The number of hydrogen-bond donors (Lipinski definition) is 0. The molecule has 40 heavy (non-hydrogen) atoms. The Morgan fingerprint density at radius 1 is 0.475 bits per heavy atom. The first-order chi connectivity index (χ1) is 18.0. The van der Waals surface area contributed by atoms with Gasteiger partial charge in [0.25, 0.3) is 0 Å². The van der Waals surface area contributed by atoms with E-state index in [1.165, 1.54) is 0 Å². The van der Waals surface area contributed by atoms with Crippen LogP contribution in [-0.4, -0.2) is 25.9 Å². The molecular formula is C34H52F2N2Si2. The van der Waals surface area contributed by atoms with Gasteiger partial charge in [0.2, 0.25) is 0 Å². The van der Waals surface area contributed by atoms with Crippen molar-refractivity contribution in [2.75, 3.05) is 0 Å². The van der Waals surface area contributed by atoms with Gasteiger partial charge < -0.3 is 17.3 Å². The van der Waals surface area contributed by atoms with Crippen LogP contribution in [0.5, 0.6) is 0 Å². The Kier molecular flexibility index (Phi) is 8.30. The molecule has 0 N–H and O–H groups in total. The second-order valence-corrected chi connectivity index (χ2v) is 25.3. The van der Waals surface area contributed by atoms with E-state index >= 15 is 8.22 Å². The molecule has 2 aromatic heterocycles. The lowest BCUT2D eigenvalue weighted by molar-refractivity contribution is 0.530. The summed E-state index contributed by atoms with van der Waals surface area (Å²) in [5.41, 5.74) is 2.23. The topological polar surface area (TPSA) is 9.86 Å². The molecule has 0 atom stereocenters. The summed E-state index contributed by atoms with van der Waals surface area (Å²) in [4.78, 5) is 0. The van der Waals surface area contributed by atoms with Crippen LogP contribution in [0.2, 0.25) is 20.2 Å². The number of benzene rings is 2. The molecule has 2 heterocycles. The quantitative estimate of drug-likeness (QED) is 0.165. The van der Waals surface area contributed by atoms with Gasteiger partial charge in [-0.1, -0.05) is 119 Å². The Labute approximate surface area is 244 Å². The summed E-state index contributed by atoms with van der Waals surface area (Å²) in [6, 6.07) is 20.5. The molecule has 2 nitrogen and oxygen atoms in total. The second kappa shape index (κ2) is 10.3. The third-order valence-corrected chi connectivity index (χ3v) is 19.4. The highest BCUT2D eigenvalue weighted by atomic mass is 28.4. The van der Waals surface area contributed by atoms with Crippen LogP contribution in [0.4, 0.5) is 8.22 Å². The van der Waals surface area contributed by atoms with Gasteiger partial charge in [-0.25, -0.2) is 0 Å². The Hall–Kier alpha value is -2.19. The van der Waals surface area contributed by atoms with Crippen LogP contribution >= 0.6 is 0 Å². The van der Waals surface area contributed by atoms with E-state index in [9.17, 15) is 0 Å². The molecule has 0 fully saturated rings. The monoisotopic (exact) mass is 581 g/mol. The highest BCUT2D eigenvalue weighted by molar-refractivity contribution is 6.91. The lowest BCUT2D eigenvalue weighted by Crippen LogP contribution is -2.60. The smallest absolute Gasteiger partial charge is 0.304 e. The molecule has 0 unspecified atom stereocenters. The average Bonchev–Trinajstić information content (AvgIpc) is 3.33. The predicted octanol–water partition coefficient (Wildman–Crippen LogP) is 9.80. The van der Waals surface area contributed by atoms with Gasteiger partial charge in [-0.05, 0) is 55.2 Å². The molecule has 0 spiro atoms. The fourth-order valence-corrected chi connectivity index (χ4v) is 16.5. The molecule has 220 valence electrons. The van der Waals surface area contributed by atoms with Crippen LogP contribution < -0.4 is 10.6 Å². The zero-order valence-electron chi connectivity index (χ0n) is 27.4. The number of fused-ring (bicyclic) bond motifs is 2. The summed E-state index contributed by atoms with van der Waals surface area (Å²) in [7, 11) is -2.39. The van der Waals surface area contributed by atoms with Gasteiger partial charge in [-0.3, -0.25) is 0 Å². The molecule has 0 bridgehead atoms. The van der Waals surface area contributed by atoms with E-state index in [1.54, 1.807) is 0 Å². The number of aryl methyl sites for hydroxylation is 2. The zero-order valence-corrected chi connectivity index (χ0v) is 29.4. The van der Waals surface area contributed by atoms with E-state index in [-0.39, 0.29) is 20.2 Å². The van der Waals surface area contributed by atoms with Crippen molar-refractivity contribution in [3.05, 3.63) is 60.7 Å². The van der Waals surface area contributed by atoms with Gasteiger partial charge in [0.05, 0.1) is 0 Å². The van der Waals surface area contributed by atoms with E-state index in [2.05, 4.69) is 45.5 Å². The normalized spacial score (nSPS) is 14.0. The van der Waals surface area contributed by atoms with E-state index in [0.29, 0.717) is 0 Å². The molecule has 0 saturated carbocycles. The minimum absolute atomic E-state index is 0.340. The Bertz CT molecular complexity index is 1340. The summed E-state index contributed by atoms with van der Waals surface area (Å²) in [6.07, 6.45) is 0. The first-order valence-electron chi connectivity index (χ1n) is 14.5. The van der Waals surface area contributed by atoms with E-state index in [1.807, 2.05) is 121 Å². The first kappa shape index (κ1) is 32.3. The van der Waals surface area contributed by atoms with Crippen molar-refractivity contribution in [3.8, 4) is 0 Å². The van der Waals surface area contributed by atoms with Crippen LogP contribution in [0.15, 0.2) is 60.7 Å². The van der Waals surface area contributed by atoms with Crippen LogP contribution in [0.1, 0.15) is 83.1 Å². The summed E-state index contributed by atoms with van der Waals surface area (Å²) >= 11 is 0. The number of nitrogens with zero attached hydrogens (tertiary/aromatic N) is 2. The van der Waals surface area contributed by atoms with E-state index in [4.69, 9.17) is 0 Å². The Morgan fingerprint density at radius 3 is 0.950 bits per heavy atom. The lowest BCUT2D eigenvalue weighted by Gasteiger charge is -2.44. The van der Waals surface area contributed by atoms with Crippen LogP contribution in [0.3, 0.4) is 0 Å². The van der Waals surface area contributed by atoms with Gasteiger partial charge in [0.1, 0.15) is 0 Å². The fraction of sp³-hybridized carbons (Fsp3) is 0.529. The first-order valence-corrected chi connectivity index (χ1v) is 18.2. The maximum absolute atomic E-state index is 16.4. The van der Waals surface area contributed by atoms with E-state index in [0.717, 1.165) is 32.4 Å². The molecule has 2 aromatic carbocycles. The molecule has 4 rings (SSSR count). The van der Waals surface area contributed by atoms with Crippen molar-refractivity contribution < 1.29 is 8.22 Å². The van der Waals surface area contributed by atoms with Crippen molar-refractivity contribution >= 4 is 49.3 Å². The SMILES string of the molecule is Cn1c([Si]([18F])(C(C)(C)C)C(C)(C)C)cc2ccccc21.Cn1c([Si]([19F])(C(C)(C)C)C(C)(C)C)cc2ccccc21. The molecule has 0 amide bonds. The highest BCUT2D eigenvalue weighted by Crippen LogP contribution is 2.52. The highest BCUT2D eigenvalue weighted by Gasteiger charge is 2.59. The lowest BCUT2D eigenvalue weighted by atomic mass is 10.2. The van der Waals surface area contributed by atoms with Crippen LogP contribution in [-0.2, 0) is 14.1 Å². The number of aromatic nitrogens is 2. The van der Waals surface area contributed by atoms with Gasteiger partial charge in [-0.15, -0.1) is 0 Å². The van der Waals surface area contributed by atoms with Gasteiger partial charge >= 0.3 is 16.8 Å². The summed E-state index contributed by atoms with van der Waals surface area (Å²) in [5, 5.41) is 2.71. The Morgan fingerprint density at radius 2 is 0.725 bits per heavy atom. The summed E-state index contributed by atoms with van der Waals surface area (Å²) in [5.74, 6) is 0. The van der Waals surface area contributed by atoms with Crippen molar-refractivity contribution in [1.29, 1.82) is 0 Å². The largest absolute Gasteiger partial charge is 0.349 e. The van der Waals surface area contributed by atoms with Crippen molar-refractivity contribution in [2.45, 2.75) is 103 Å². The van der Waals surface area contributed by atoms with Crippen LogP contribution in [0.25, 0.3) is 21.8 Å². The van der Waals surface area contributed by atoms with Crippen LogP contribution in [0, 0.1) is 0 Å². The number of para-hydroxylation sites is 2. The molecule has 0 aliphatic heterocycles. The number of hydrogen-bond acceptors (Lipinski definition) is 0. The van der Waals surface area contributed by atoms with Gasteiger partial charge in [0.15, 0.2) is 0 Å². The minimum Gasteiger partial charge on any atom is -0.349 e.